The molecule has 0 aromatic heterocycles. The van der Waals surface area contributed by atoms with E-state index in [0.717, 1.165) is 42.0 Å². The Kier molecular flexibility index (Phi) is 7.17. The number of thiol groups is 1. The van der Waals surface area contributed by atoms with Gasteiger partial charge in [-0.15, -0.1) is 0 Å². The minimum atomic E-state index is 0.0877. The number of ether oxygens (including phenoxy) is 1. The highest BCUT2D eigenvalue weighted by Crippen LogP contribution is 2.31. The molecule has 4 heteroatoms. The highest BCUT2D eigenvalue weighted by atomic mass is 32.1. The number of unbranched alkanes of at least 4 members (excludes halogenated alkanes) is 1. The molecule has 0 atom stereocenters. The van der Waals surface area contributed by atoms with Crippen LogP contribution >= 0.6 is 12.6 Å². The molecule has 1 N–H and O–H groups in total. The van der Waals surface area contributed by atoms with E-state index < -0.39 is 0 Å². The van der Waals surface area contributed by atoms with Gasteiger partial charge < -0.3 is 10.1 Å². The minimum Gasteiger partial charge on any atom is -0.493 e. The van der Waals surface area contributed by atoms with E-state index in [1.54, 1.807) is 0 Å². The molecule has 0 unspecified atom stereocenters. The molecular weight excluding hydrogens is 354 g/mol. The molecule has 1 aliphatic rings. The molecule has 0 aliphatic carbocycles. The number of nitrogens with one attached hydrogen (secondary N) is 1. The molecule has 1 amide bonds. The maximum atomic E-state index is 11.3. The third-order valence-corrected chi connectivity index (χ3v) is 4.79. The van der Waals surface area contributed by atoms with Gasteiger partial charge in [0, 0.05) is 17.7 Å². The third kappa shape index (κ3) is 5.51. The van der Waals surface area contributed by atoms with Crippen LogP contribution in [0.3, 0.4) is 0 Å². The Balaban J connectivity index is 0.000000177. The number of carbonyl (C=O) groups excluding carboxylic acids is 1. The summed E-state index contributed by atoms with van der Waals surface area (Å²) in [7, 11) is 0. The number of hydrogen-bond acceptors (Lipinski definition) is 3. The van der Waals surface area contributed by atoms with Gasteiger partial charge >= 0.3 is 0 Å². The largest absolute Gasteiger partial charge is 0.493 e. The molecule has 140 valence electrons. The van der Waals surface area contributed by atoms with Crippen molar-refractivity contribution in [1.82, 2.24) is 0 Å². The normalized spacial score (nSPS) is 12.6. The van der Waals surface area contributed by atoms with E-state index in [1.165, 1.54) is 10.8 Å². The highest BCUT2D eigenvalue weighted by Gasteiger charge is 2.17. The summed E-state index contributed by atoms with van der Waals surface area (Å²) in [6.07, 6.45) is 3.39. The summed E-state index contributed by atoms with van der Waals surface area (Å²) < 4.78 is 5.76. The van der Waals surface area contributed by atoms with Gasteiger partial charge in [0.2, 0.25) is 5.91 Å². The number of fused-ring (bicyclic) bond motifs is 2. The molecule has 1 aliphatic heterocycles. The van der Waals surface area contributed by atoms with Crippen LogP contribution in [0.25, 0.3) is 10.8 Å². The molecule has 3 aromatic carbocycles. The van der Waals surface area contributed by atoms with Crippen molar-refractivity contribution in [2.45, 2.75) is 25.7 Å². The van der Waals surface area contributed by atoms with Gasteiger partial charge in [0.1, 0.15) is 5.75 Å². The number of amides is 1. The molecule has 3 nitrogen and oxygen atoms in total. The van der Waals surface area contributed by atoms with Crippen LogP contribution in [0.5, 0.6) is 5.75 Å². The molecule has 27 heavy (non-hydrogen) atoms. The van der Waals surface area contributed by atoms with Crippen LogP contribution in [-0.2, 0) is 11.2 Å². The van der Waals surface area contributed by atoms with Gasteiger partial charge in [0.25, 0.3) is 0 Å². The lowest BCUT2D eigenvalue weighted by atomic mass is 10.0. The fourth-order valence-corrected chi connectivity index (χ4v) is 3.28. The second-order valence-corrected chi connectivity index (χ2v) is 6.90. The molecule has 1 heterocycles. The van der Waals surface area contributed by atoms with Crippen molar-refractivity contribution in [3.05, 3.63) is 72.3 Å². The Labute approximate surface area is 166 Å². The second-order valence-electron chi connectivity index (χ2n) is 6.46. The first-order valence-corrected chi connectivity index (χ1v) is 10.0. The van der Waals surface area contributed by atoms with E-state index in [1.807, 2.05) is 18.2 Å². The van der Waals surface area contributed by atoms with E-state index >= 15 is 0 Å². The van der Waals surface area contributed by atoms with Crippen molar-refractivity contribution in [2.75, 3.05) is 17.7 Å². The lowest BCUT2D eigenvalue weighted by molar-refractivity contribution is -0.116. The van der Waals surface area contributed by atoms with E-state index in [2.05, 4.69) is 66.5 Å². The summed E-state index contributed by atoms with van der Waals surface area (Å²) in [4.78, 5) is 11.3. The fraction of sp³-hybridized carbons (Fsp3) is 0.261. The van der Waals surface area contributed by atoms with Crippen LogP contribution < -0.4 is 10.1 Å². The summed E-state index contributed by atoms with van der Waals surface area (Å²) in [5, 5.41) is 5.49. The van der Waals surface area contributed by atoms with E-state index in [0.29, 0.717) is 13.0 Å². The van der Waals surface area contributed by atoms with Crippen LogP contribution in [0.15, 0.2) is 66.7 Å². The van der Waals surface area contributed by atoms with Crippen LogP contribution in [0.1, 0.15) is 24.8 Å². The van der Waals surface area contributed by atoms with Gasteiger partial charge in [0.05, 0.1) is 6.61 Å². The summed E-state index contributed by atoms with van der Waals surface area (Å²) in [5.41, 5.74) is 2.02. The minimum absolute atomic E-state index is 0.0877. The number of benzene rings is 3. The predicted molar refractivity (Wildman–Crippen MR) is 116 cm³/mol. The SMILES string of the molecule is O=C1CCc2c(cccc2OCCCCS)N1.c1ccc2ccccc2c1. The van der Waals surface area contributed by atoms with Crippen LogP contribution in [0.2, 0.25) is 0 Å². The first-order valence-electron chi connectivity index (χ1n) is 9.37. The van der Waals surface area contributed by atoms with Crippen LogP contribution in [0, 0.1) is 0 Å². The third-order valence-electron chi connectivity index (χ3n) is 4.48. The van der Waals surface area contributed by atoms with Gasteiger partial charge in [-0.25, -0.2) is 0 Å². The van der Waals surface area contributed by atoms with Crippen molar-refractivity contribution in [1.29, 1.82) is 0 Å². The van der Waals surface area contributed by atoms with Gasteiger partial charge in [-0.3, -0.25) is 4.79 Å². The Hall–Kier alpha value is -2.46. The quantitative estimate of drug-likeness (QED) is 0.454. The predicted octanol–water partition coefficient (Wildman–Crippen LogP) is 5.50. The van der Waals surface area contributed by atoms with Crippen LogP contribution in [-0.4, -0.2) is 18.3 Å². The first-order chi connectivity index (χ1) is 13.3. The molecule has 0 radical (unpaired) electrons. The highest BCUT2D eigenvalue weighted by molar-refractivity contribution is 7.80. The average molecular weight is 380 g/mol. The zero-order chi connectivity index (χ0) is 18.9. The zero-order valence-corrected chi connectivity index (χ0v) is 16.3. The monoisotopic (exact) mass is 379 g/mol. The van der Waals surface area contributed by atoms with Crippen molar-refractivity contribution in [3.63, 3.8) is 0 Å². The van der Waals surface area contributed by atoms with Crippen LogP contribution in [0.4, 0.5) is 5.69 Å². The average Bonchev–Trinajstić information content (AvgIpc) is 2.71. The molecule has 0 spiro atoms. The van der Waals surface area contributed by atoms with E-state index in [9.17, 15) is 4.79 Å². The topological polar surface area (TPSA) is 38.3 Å². The number of carbonyl (C=O) groups is 1. The smallest absolute Gasteiger partial charge is 0.224 e. The summed E-state index contributed by atoms with van der Waals surface area (Å²) >= 11 is 4.17. The molecule has 4 rings (SSSR count). The van der Waals surface area contributed by atoms with Crippen molar-refractivity contribution < 1.29 is 9.53 Å². The Morgan fingerprint density at radius 1 is 0.852 bits per heavy atom. The van der Waals surface area contributed by atoms with Gasteiger partial charge in [-0.1, -0.05) is 54.6 Å². The maximum Gasteiger partial charge on any atom is 0.224 e. The molecular formula is C23H25NO2S. The Morgan fingerprint density at radius 3 is 2.15 bits per heavy atom. The molecule has 0 bridgehead atoms. The summed E-state index contributed by atoms with van der Waals surface area (Å²) in [6.45, 7) is 0.713. The number of hydrogen-bond donors (Lipinski definition) is 2. The Morgan fingerprint density at radius 2 is 1.52 bits per heavy atom. The zero-order valence-electron chi connectivity index (χ0n) is 15.4. The second kappa shape index (κ2) is 10.0. The van der Waals surface area contributed by atoms with Crippen molar-refractivity contribution in [3.8, 4) is 5.75 Å². The summed E-state index contributed by atoms with van der Waals surface area (Å²) in [5.74, 6) is 1.89. The molecule has 0 saturated carbocycles. The first kappa shape index (κ1) is 19.3. The standard InChI is InChI=1S/C13H17NO2S.C10H8/c15-13-7-6-10-11(14-13)4-3-5-12(10)16-8-1-2-9-17;1-2-6-10-8-4-3-7-9(10)5-1/h3-5,17H,1-2,6-9H2,(H,14,15);1-8H. The number of anilines is 1. The van der Waals surface area contributed by atoms with Crippen molar-refractivity contribution in [2.24, 2.45) is 0 Å². The summed E-state index contributed by atoms with van der Waals surface area (Å²) in [6, 6.07) is 22.5. The van der Waals surface area contributed by atoms with Gasteiger partial charge in [-0.2, -0.15) is 12.6 Å². The molecule has 0 saturated heterocycles. The molecule has 0 fully saturated rings. The van der Waals surface area contributed by atoms with Gasteiger partial charge in [0.15, 0.2) is 0 Å². The number of rotatable bonds is 5. The Bertz CT molecular complexity index is 829. The van der Waals surface area contributed by atoms with E-state index in [-0.39, 0.29) is 5.91 Å². The maximum absolute atomic E-state index is 11.3. The lowest BCUT2D eigenvalue weighted by Gasteiger charge is -2.19. The molecule has 3 aromatic rings. The van der Waals surface area contributed by atoms with E-state index in [4.69, 9.17) is 4.74 Å². The van der Waals surface area contributed by atoms with Crippen molar-refractivity contribution >= 4 is 35.0 Å². The lowest BCUT2D eigenvalue weighted by Crippen LogP contribution is -2.19. The fourth-order valence-electron chi connectivity index (χ4n) is 3.06. The van der Waals surface area contributed by atoms with Gasteiger partial charge in [-0.05, 0) is 47.9 Å².